The number of nitrogens with zero attached hydrogens (tertiary/aromatic N) is 2. The van der Waals surface area contributed by atoms with Crippen molar-refractivity contribution in [2.45, 2.75) is 19.3 Å². The highest BCUT2D eigenvalue weighted by Gasteiger charge is 2.23. The van der Waals surface area contributed by atoms with Crippen molar-refractivity contribution in [1.29, 1.82) is 0 Å². The lowest BCUT2D eigenvalue weighted by Crippen LogP contribution is -2.16. The highest BCUT2D eigenvalue weighted by molar-refractivity contribution is 7.91. The molecular formula is C19H20FN3O2S. The minimum Gasteiger partial charge on any atom is -0.382 e. The quantitative estimate of drug-likeness (QED) is 0.869. The second-order valence-corrected chi connectivity index (χ2v) is 8.55. The number of nitrogen functional groups attached to an aromatic ring is 1. The number of aromatic nitrogens is 2. The first kappa shape index (κ1) is 18.3. The summed E-state index contributed by atoms with van der Waals surface area (Å²) >= 11 is 0. The number of halogens is 1. The van der Waals surface area contributed by atoms with Gasteiger partial charge in [0.05, 0.1) is 23.8 Å². The summed E-state index contributed by atoms with van der Waals surface area (Å²) in [7, 11) is -3.15. The van der Waals surface area contributed by atoms with Crippen LogP contribution in [0.3, 0.4) is 0 Å². The van der Waals surface area contributed by atoms with E-state index in [1.165, 1.54) is 18.5 Å². The van der Waals surface area contributed by atoms with Crippen molar-refractivity contribution in [2.24, 2.45) is 0 Å². The summed E-state index contributed by atoms with van der Waals surface area (Å²) in [4.78, 5) is 8.03. The molecule has 1 aromatic heterocycles. The van der Waals surface area contributed by atoms with Crippen LogP contribution in [0.1, 0.15) is 24.8 Å². The van der Waals surface area contributed by atoms with Gasteiger partial charge in [-0.1, -0.05) is 31.2 Å². The Morgan fingerprint density at radius 3 is 2.73 bits per heavy atom. The van der Waals surface area contributed by atoms with Crippen molar-refractivity contribution < 1.29 is 12.8 Å². The molecule has 0 bridgehead atoms. The lowest BCUT2D eigenvalue weighted by atomic mass is 9.85. The molecule has 1 atom stereocenters. The number of hydrogen-bond acceptors (Lipinski definition) is 5. The van der Waals surface area contributed by atoms with Crippen molar-refractivity contribution in [3.8, 4) is 11.3 Å². The fourth-order valence-corrected chi connectivity index (χ4v) is 3.97. The third kappa shape index (κ3) is 3.99. The van der Waals surface area contributed by atoms with Gasteiger partial charge in [0.1, 0.15) is 11.6 Å². The van der Waals surface area contributed by atoms with Crippen molar-refractivity contribution >= 4 is 15.7 Å². The van der Waals surface area contributed by atoms with Crippen LogP contribution in [0.4, 0.5) is 10.2 Å². The monoisotopic (exact) mass is 373 g/mol. The number of anilines is 1. The van der Waals surface area contributed by atoms with Crippen LogP contribution in [0, 0.1) is 5.82 Å². The normalized spacial score (nSPS) is 17.2. The van der Waals surface area contributed by atoms with Crippen LogP contribution < -0.4 is 5.73 Å². The zero-order valence-electron chi connectivity index (χ0n) is 14.4. The van der Waals surface area contributed by atoms with E-state index in [4.69, 9.17) is 5.73 Å². The first-order valence-electron chi connectivity index (χ1n) is 8.33. The predicted molar refractivity (Wildman–Crippen MR) is 101 cm³/mol. The lowest BCUT2D eigenvalue weighted by Gasteiger charge is -2.22. The summed E-state index contributed by atoms with van der Waals surface area (Å²) in [5.74, 6) is -0.224. The van der Waals surface area contributed by atoms with Crippen LogP contribution in [0.15, 0.2) is 54.4 Å². The van der Waals surface area contributed by atoms with E-state index in [1.54, 1.807) is 13.0 Å². The third-order valence-corrected chi connectivity index (χ3v) is 6.09. The molecule has 26 heavy (non-hydrogen) atoms. The van der Waals surface area contributed by atoms with Gasteiger partial charge in [0.25, 0.3) is 0 Å². The number of sulfone groups is 1. The SMILES string of the molecule is CCS(=O)(=O)CC1=CC=CCC1c1ccc(-c2cnc(N)cn2)c(F)c1. The van der Waals surface area contributed by atoms with Gasteiger partial charge in [0.15, 0.2) is 9.84 Å². The van der Waals surface area contributed by atoms with E-state index >= 15 is 0 Å². The summed E-state index contributed by atoms with van der Waals surface area (Å²) in [5, 5.41) is 0. The van der Waals surface area contributed by atoms with Gasteiger partial charge in [-0.15, -0.1) is 0 Å². The van der Waals surface area contributed by atoms with E-state index in [2.05, 4.69) is 9.97 Å². The summed E-state index contributed by atoms with van der Waals surface area (Å²) in [5.41, 5.74) is 7.78. The molecule has 0 radical (unpaired) electrons. The fraction of sp³-hybridized carbons (Fsp3) is 0.263. The standard InChI is InChI=1S/C19H20FN3O2S/c1-2-26(24,25)12-14-5-3-4-6-15(14)13-7-8-16(17(20)9-13)18-10-23-19(21)11-22-18/h3-5,7-11,15H,2,6,12H2,1H3,(H2,21,23). The maximum absolute atomic E-state index is 14.7. The number of rotatable bonds is 5. The maximum atomic E-state index is 14.7. The van der Waals surface area contributed by atoms with Gasteiger partial charge in [-0.2, -0.15) is 0 Å². The molecule has 0 saturated heterocycles. The molecule has 0 spiro atoms. The largest absolute Gasteiger partial charge is 0.382 e. The van der Waals surface area contributed by atoms with E-state index in [0.29, 0.717) is 17.7 Å². The highest BCUT2D eigenvalue weighted by atomic mass is 32.2. The second kappa shape index (κ2) is 7.37. The second-order valence-electron chi connectivity index (χ2n) is 6.20. The molecule has 1 aliphatic carbocycles. The van der Waals surface area contributed by atoms with Crippen molar-refractivity contribution in [3.05, 3.63) is 65.8 Å². The zero-order chi connectivity index (χ0) is 18.7. The Morgan fingerprint density at radius 2 is 2.08 bits per heavy atom. The van der Waals surface area contributed by atoms with Crippen molar-refractivity contribution in [2.75, 3.05) is 17.2 Å². The van der Waals surface area contributed by atoms with Crippen LogP contribution >= 0.6 is 0 Å². The maximum Gasteiger partial charge on any atom is 0.153 e. The van der Waals surface area contributed by atoms with Crippen molar-refractivity contribution in [1.82, 2.24) is 9.97 Å². The molecule has 5 nitrogen and oxygen atoms in total. The summed E-state index contributed by atoms with van der Waals surface area (Å²) in [6, 6.07) is 4.91. The van der Waals surface area contributed by atoms with E-state index in [-0.39, 0.29) is 23.2 Å². The van der Waals surface area contributed by atoms with Gasteiger partial charge in [-0.3, -0.25) is 4.98 Å². The van der Waals surface area contributed by atoms with Crippen molar-refractivity contribution in [3.63, 3.8) is 0 Å². The first-order chi connectivity index (χ1) is 12.4. The first-order valence-corrected chi connectivity index (χ1v) is 10.1. The minimum absolute atomic E-state index is 0.00862. The summed E-state index contributed by atoms with van der Waals surface area (Å²) in [6.07, 6.45) is 9.08. The smallest absolute Gasteiger partial charge is 0.153 e. The van der Waals surface area contributed by atoms with Gasteiger partial charge >= 0.3 is 0 Å². The Labute approximate surface area is 152 Å². The lowest BCUT2D eigenvalue weighted by molar-refractivity contribution is 0.597. The van der Waals surface area contributed by atoms with E-state index < -0.39 is 15.7 Å². The molecular weight excluding hydrogens is 353 g/mol. The highest BCUT2D eigenvalue weighted by Crippen LogP contribution is 2.34. The predicted octanol–water partition coefficient (Wildman–Crippen LogP) is 3.27. The topological polar surface area (TPSA) is 85.9 Å². The molecule has 0 saturated carbocycles. The van der Waals surface area contributed by atoms with E-state index in [1.807, 2.05) is 24.3 Å². The van der Waals surface area contributed by atoms with Gasteiger partial charge in [-0.05, 0) is 29.7 Å². The number of hydrogen-bond donors (Lipinski definition) is 1. The third-order valence-electron chi connectivity index (χ3n) is 4.44. The molecule has 7 heteroatoms. The van der Waals surface area contributed by atoms with Crippen LogP contribution in [-0.2, 0) is 9.84 Å². The average Bonchev–Trinajstić information content (AvgIpc) is 2.63. The summed E-state index contributed by atoms with van der Waals surface area (Å²) in [6.45, 7) is 1.63. The fourth-order valence-electron chi connectivity index (χ4n) is 2.96. The molecule has 1 heterocycles. The van der Waals surface area contributed by atoms with Gasteiger partial charge < -0.3 is 5.73 Å². The molecule has 0 fully saturated rings. The number of allylic oxidation sites excluding steroid dienone is 3. The van der Waals surface area contributed by atoms with Crippen LogP contribution in [0.25, 0.3) is 11.3 Å². The number of nitrogens with two attached hydrogens (primary N) is 1. The molecule has 0 amide bonds. The average molecular weight is 373 g/mol. The van der Waals surface area contributed by atoms with E-state index in [9.17, 15) is 12.8 Å². The summed E-state index contributed by atoms with van der Waals surface area (Å²) < 4.78 is 38.7. The molecule has 1 aromatic carbocycles. The number of benzene rings is 1. The molecule has 2 N–H and O–H groups in total. The molecule has 3 rings (SSSR count). The van der Waals surface area contributed by atoms with E-state index in [0.717, 1.165) is 11.1 Å². The van der Waals surface area contributed by atoms with Crippen LogP contribution in [0.2, 0.25) is 0 Å². The molecule has 0 aliphatic heterocycles. The van der Waals surface area contributed by atoms with Crippen LogP contribution in [0.5, 0.6) is 0 Å². The zero-order valence-corrected chi connectivity index (χ0v) is 15.2. The molecule has 1 unspecified atom stereocenters. The minimum atomic E-state index is -3.15. The molecule has 1 aliphatic rings. The van der Waals surface area contributed by atoms with Gasteiger partial charge in [0.2, 0.25) is 0 Å². The molecule has 136 valence electrons. The Balaban J connectivity index is 1.91. The Bertz CT molecular complexity index is 967. The molecule has 2 aromatic rings. The Hall–Kier alpha value is -2.54. The van der Waals surface area contributed by atoms with Crippen LogP contribution in [-0.4, -0.2) is 29.9 Å². The Morgan fingerprint density at radius 1 is 1.27 bits per heavy atom. The van der Waals surface area contributed by atoms with Gasteiger partial charge in [-0.25, -0.2) is 17.8 Å². The van der Waals surface area contributed by atoms with Gasteiger partial charge in [0, 0.05) is 17.2 Å². The Kier molecular flexibility index (Phi) is 5.18.